The molecular formula is C20H25N3O2S. The number of aryl methyl sites for hydroxylation is 2. The Hall–Kier alpha value is -2.21. The van der Waals surface area contributed by atoms with Crippen molar-refractivity contribution in [2.45, 2.75) is 44.6 Å². The highest BCUT2D eigenvalue weighted by Crippen LogP contribution is 2.30. The number of aromatic nitrogens is 1. The van der Waals surface area contributed by atoms with E-state index in [-0.39, 0.29) is 0 Å². The maximum Gasteiger partial charge on any atom is 0.230 e. The highest BCUT2D eigenvalue weighted by atomic mass is 32.2. The fourth-order valence-electron chi connectivity index (χ4n) is 3.32. The van der Waals surface area contributed by atoms with Crippen LogP contribution in [-0.4, -0.2) is 39.8 Å². The third kappa shape index (κ3) is 3.80. The summed E-state index contributed by atoms with van der Waals surface area (Å²) in [6, 6.07) is 10.2. The molecule has 1 unspecified atom stereocenters. The normalized spacial score (nSPS) is 17.6. The Kier molecular flexibility index (Phi) is 5.71. The number of thioether (sulfide) groups is 1. The monoisotopic (exact) mass is 371 g/mol. The topological polar surface area (TPSA) is 58.0 Å². The van der Waals surface area contributed by atoms with Gasteiger partial charge >= 0.3 is 0 Å². The van der Waals surface area contributed by atoms with Gasteiger partial charge in [0.15, 0.2) is 5.84 Å². The lowest BCUT2D eigenvalue weighted by Crippen LogP contribution is -2.34. The van der Waals surface area contributed by atoms with E-state index in [1.807, 2.05) is 37.3 Å². The molecule has 0 spiro atoms. The van der Waals surface area contributed by atoms with Crippen LogP contribution >= 0.6 is 11.8 Å². The summed E-state index contributed by atoms with van der Waals surface area (Å²) < 4.78 is 6.11. The van der Waals surface area contributed by atoms with Gasteiger partial charge in [-0.3, -0.25) is 0 Å². The van der Waals surface area contributed by atoms with Gasteiger partial charge in [-0.1, -0.05) is 5.16 Å². The molecule has 2 aromatic rings. The molecule has 1 aromatic carbocycles. The summed E-state index contributed by atoms with van der Waals surface area (Å²) in [4.78, 5) is 7.89. The summed E-state index contributed by atoms with van der Waals surface area (Å²) >= 11 is 1.71. The summed E-state index contributed by atoms with van der Waals surface area (Å²) in [5.41, 5.74) is 2.72. The van der Waals surface area contributed by atoms with E-state index in [2.05, 4.69) is 35.1 Å². The zero-order valence-corrected chi connectivity index (χ0v) is 16.5. The predicted octanol–water partition coefficient (Wildman–Crippen LogP) is 4.83. The second-order valence-electron chi connectivity index (χ2n) is 6.65. The second kappa shape index (κ2) is 7.99. The first-order valence-electron chi connectivity index (χ1n) is 8.82. The van der Waals surface area contributed by atoms with E-state index >= 15 is 0 Å². The van der Waals surface area contributed by atoms with Crippen molar-refractivity contribution in [3.63, 3.8) is 0 Å². The van der Waals surface area contributed by atoms with Crippen LogP contribution in [0.5, 0.6) is 11.6 Å². The first kappa shape index (κ1) is 18.6. The number of nitrogens with zero attached hydrogens (tertiary/aromatic N) is 3. The van der Waals surface area contributed by atoms with Crippen LogP contribution < -0.4 is 4.74 Å². The largest absolute Gasteiger partial charge is 0.438 e. The highest BCUT2D eigenvalue weighted by Gasteiger charge is 2.27. The van der Waals surface area contributed by atoms with E-state index in [0.717, 1.165) is 36.4 Å². The van der Waals surface area contributed by atoms with Crippen molar-refractivity contribution in [1.29, 1.82) is 0 Å². The van der Waals surface area contributed by atoms with Crippen molar-refractivity contribution >= 4 is 17.6 Å². The molecule has 0 bridgehead atoms. The van der Waals surface area contributed by atoms with Crippen LogP contribution in [0.2, 0.25) is 0 Å². The first-order chi connectivity index (χ1) is 12.5. The first-order valence-corrected chi connectivity index (χ1v) is 10.0. The van der Waals surface area contributed by atoms with Crippen molar-refractivity contribution in [3.8, 4) is 11.6 Å². The number of hydrogen-bond acceptors (Lipinski definition) is 5. The summed E-state index contributed by atoms with van der Waals surface area (Å²) in [6.07, 6.45) is 4.24. The number of likely N-dealkylation sites (tertiary alicyclic amines) is 1. The van der Waals surface area contributed by atoms with Crippen molar-refractivity contribution in [2.75, 3.05) is 12.8 Å². The molecule has 1 aliphatic heterocycles. The van der Waals surface area contributed by atoms with Crippen molar-refractivity contribution in [2.24, 2.45) is 5.16 Å². The molecule has 1 atom stereocenters. The molecule has 5 nitrogen and oxygen atoms in total. The van der Waals surface area contributed by atoms with Crippen molar-refractivity contribution in [1.82, 2.24) is 9.88 Å². The molecule has 26 heavy (non-hydrogen) atoms. The van der Waals surface area contributed by atoms with E-state index in [9.17, 15) is 5.21 Å². The number of hydrogen-bond donors (Lipinski definition) is 1. The molecule has 2 heterocycles. The standard InChI is InChI=1S/C20H25N3O2S/c1-13-12-16(8-10-18(13)26-4)25-20-17(9-7-14(2)21-20)19(22-24)23-11-5-6-15(23)3/h7-10,12,15,24H,5-6,11H2,1-4H3/b22-19-. The summed E-state index contributed by atoms with van der Waals surface area (Å²) in [6.45, 7) is 7.00. The minimum Gasteiger partial charge on any atom is -0.438 e. The Morgan fingerprint density at radius 1 is 1.31 bits per heavy atom. The Labute approximate surface area is 159 Å². The molecule has 1 fully saturated rings. The van der Waals surface area contributed by atoms with Gasteiger partial charge in [0, 0.05) is 23.2 Å². The van der Waals surface area contributed by atoms with Gasteiger partial charge in [0.1, 0.15) is 5.75 Å². The summed E-state index contributed by atoms with van der Waals surface area (Å²) in [7, 11) is 0. The molecule has 0 amide bonds. The van der Waals surface area contributed by atoms with Crippen LogP contribution in [0.3, 0.4) is 0 Å². The van der Waals surface area contributed by atoms with Crippen molar-refractivity contribution in [3.05, 3.63) is 47.2 Å². The fourth-order valence-corrected chi connectivity index (χ4v) is 3.91. The van der Waals surface area contributed by atoms with Gasteiger partial charge in [-0.25, -0.2) is 4.98 Å². The van der Waals surface area contributed by atoms with Crippen LogP contribution in [-0.2, 0) is 0 Å². The minimum absolute atomic E-state index is 0.332. The molecule has 1 aromatic heterocycles. The molecular weight excluding hydrogens is 346 g/mol. The quantitative estimate of drug-likeness (QED) is 0.274. The van der Waals surface area contributed by atoms with Gasteiger partial charge in [-0.15, -0.1) is 11.8 Å². The molecule has 1 saturated heterocycles. The van der Waals surface area contributed by atoms with E-state index < -0.39 is 0 Å². The molecule has 0 radical (unpaired) electrons. The van der Waals surface area contributed by atoms with Crippen LogP contribution in [0, 0.1) is 13.8 Å². The third-order valence-corrected chi connectivity index (χ3v) is 5.64. The fraction of sp³-hybridized carbons (Fsp3) is 0.400. The number of pyridine rings is 1. The van der Waals surface area contributed by atoms with Crippen LogP contribution in [0.15, 0.2) is 40.4 Å². The highest BCUT2D eigenvalue weighted by molar-refractivity contribution is 7.98. The van der Waals surface area contributed by atoms with Crippen molar-refractivity contribution < 1.29 is 9.94 Å². The van der Waals surface area contributed by atoms with Crippen LogP contribution in [0.1, 0.15) is 36.6 Å². The third-order valence-electron chi connectivity index (χ3n) is 4.74. The summed E-state index contributed by atoms with van der Waals surface area (Å²) in [5.74, 6) is 1.72. The SMILES string of the molecule is CSc1ccc(Oc2nc(C)ccc2/C(=N/O)N2CCCC2C)cc1C. The maximum absolute atomic E-state index is 9.69. The maximum atomic E-state index is 9.69. The van der Waals surface area contributed by atoms with Gasteiger partial charge < -0.3 is 14.8 Å². The van der Waals surface area contributed by atoms with E-state index in [4.69, 9.17) is 4.74 Å². The number of rotatable bonds is 4. The average molecular weight is 372 g/mol. The molecule has 138 valence electrons. The van der Waals surface area contributed by atoms with E-state index in [0.29, 0.717) is 23.3 Å². The number of amidine groups is 1. The van der Waals surface area contributed by atoms with Gasteiger partial charge in [0.25, 0.3) is 0 Å². The lowest BCUT2D eigenvalue weighted by Gasteiger charge is -2.25. The van der Waals surface area contributed by atoms with Gasteiger partial charge in [0.05, 0.1) is 5.56 Å². The molecule has 6 heteroatoms. The number of ether oxygens (including phenoxy) is 1. The average Bonchev–Trinajstić information content (AvgIpc) is 3.03. The molecule has 0 saturated carbocycles. The zero-order valence-electron chi connectivity index (χ0n) is 15.7. The smallest absolute Gasteiger partial charge is 0.230 e. The molecule has 0 aliphatic carbocycles. The van der Waals surface area contributed by atoms with Crippen LogP contribution in [0.25, 0.3) is 0 Å². The van der Waals surface area contributed by atoms with Gasteiger partial charge in [-0.05, 0) is 75.8 Å². The van der Waals surface area contributed by atoms with Crippen LogP contribution in [0.4, 0.5) is 0 Å². The minimum atomic E-state index is 0.332. The van der Waals surface area contributed by atoms with Gasteiger partial charge in [0.2, 0.25) is 5.88 Å². The Morgan fingerprint density at radius 2 is 2.12 bits per heavy atom. The lowest BCUT2D eigenvalue weighted by atomic mass is 10.2. The molecule has 1 aliphatic rings. The Balaban J connectivity index is 1.97. The molecule has 3 rings (SSSR count). The zero-order chi connectivity index (χ0) is 18.7. The van der Waals surface area contributed by atoms with E-state index in [1.165, 1.54) is 4.90 Å². The number of oxime groups is 1. The second-order valence-corrected chi connectivity index (χ2v) is 7.50. The molecule has 1 N–H and O–H groups in total. The lowest BCUT2D eigenvalue weighted by molar-refractivity contribution is 0.298. The predicted molar refractivity (Wildman–Crippen MR) is 106 cm³/mol. The summed E-state index contributed by atoms with van der Waals surface area (Å²) in [5, 5.41) is 13.3. The van der Waals surface area contributed by atoms with Gasteiger partial charge in [-0.2, -0.15) is 0 Å². The van der Waals surface area contributed by atoms with E-state index in [1.54, 1.807) is 11.8 Å². The Morgan fingerprint density at radius 3 is 2.73 bits per heavy atom. The number of benzene rings is 1. The Bertz CT molecular complexity index is 823.